The molecular formula is C25H25N5O4. The third kappa shape index (κ3) is 4.50. The van der Waals surface area contributed by atoms with Crippen LogP contribution in [0.25, 0.3) is 11.1 Å². The highest BCUT2D eigenvalue weighted by atomic mass is 16.5. The number of aromatic nitrogens is 2. The molecule has 9 nitrogen and oxygen atoms in total. The quantitative estimate of drug-likeness (QED) is 0.467. The van der Waals surface area contributed by atoms with Crippen molar-refractivity contribution < 1.29 is 19.1 Å². The smallest absolute Gasteiger partial charge is 0.359 e. The van der Waals surface area contributed by atoms with E-state index in [1.54, 1.807) is 4.57 Å². The van der Waals surface area contributed by atoms with Gasteiger partial charge in [0.1, 0.15) is 12.4 Å². The average molecular weight is 460 g/mol. The van der Waals surface area contributed by atoms with Gasteiger partial charge in [-0.2, -0.15) is 5.11 Å². The van der Waals surface area contributed by atoms with Gasteiger partial charge in [0.25, 0.3) is 0 Å². The first-order chi connectivity index (χ1) is 16.6. The molecule has 0 N–H and O–H groups in total. The lowest BCUT2D eigenvalue weighted by Gasteiger charge is -2.13. The maximum absolute atomic E-state index is 12.6. The number of aryl methyl sites for hydroxylation is 1. The summed E-state index contributed by atoms with van der Waals surface area (Å²) in [7, 11) is 2.54. The van der Waals surface area contributed by atoms with E-state index in [1.165, 1.54) is 14.2 Å². The van der Waals surface area contributed by atoms with Crippen molar-refractivity contribution >= 4 is 17.7 Å². The molecule has 0 saturated heterocycles. The van der Waals surface area contributed by atoms with Crippen LogP contribution >= 0.6 is 0 Å². The van der Waals surface area contributed by atoms with Gasteiger partial charge in [0, 0.05) is 18.5 Å². The van der Waals surface area contributed by atoms with Crippen LogP contribution in [-0.2, 0) is 22.4 Å². The van der Waals surface area contributed by atoms with Crippen molar-refractivity contribution in [3.8, 4) is 11.1 Å². The van der Waals surface area contributed by atoms with Crippen LogP contribution in [0.1, 0.15) is 51.3 Å². The van der Waals surface area contributed by atoms with Crippen LogP contribution in [0.3, 0.4) is 0 Å². The van der Waals surface area contributed by atoms with Gasteiger partial charge < -0.3 is 14.0 Å². The van der Waals surface area contributed by atoms with Crippen molar-refractivity contribution in [3.05, 3.63) is 76.9 Å². The first-order valence-corrected chi connectivity index (χ1v) is 10.9. The van der Waals surface area contributed by atoms with Gasteiger partial charge in [-0.15, -0.1) is 5.10 Å². The zero-order valence-corrected chi connectivity index (χ0v) is 19.3. The number of esters is 2. The Bertz CT molecular complexity index is 1270. The fourth-order valence-electron chi connectivity index (χ4n) is 3.94. The van der Waals surface area contributed by atoms with Crippen molar-refractivity contribution in [2.75, 3.05) is 20.8 Å². The highest BCUT2D eigenvalue weighted by Crippen LogP contribution is 2.27. The van der Waals surface area contributed by atoms with E-state index in [9.17, 15) is 9.59 Å². The highest BCUT2D eigenvalue weighted by molar-refractivity contribution is 6.07. The van der Waals surface area contributed by atoms with Crippen molar-refractivity contribution in [1.29, 1.82) is 0 Å². The molecule has 2 aromatic carbocycles. The Balaban J connectivity index is 1.69. The van der Waals surface area contributed by atoms with Gasteiger partial charge in [-0.1, -0.05) is 55.5 Å². The predicted octanol–water partition coefficient (Wildman–Crippen LogP) is 4.29. The predicted molar refractivity (Wildman–Crippen MR) is 126 cm³/mol. The van der Waals surface area contributed by atoms with Gasteiger partial charge in [-0.25, -0.2) is 14.6 Å². The monoisotopic (exact) mass is 459 g/mol. The largest absolute Gasteiger partial charge is 0.464 e. The maximum atomic E-state index is 12.6. The third-order valence-electron chi connectivity index (χ3n) is 5.57. The average Bonchev–Trinajstić information content (AvgIpc) is 3.53. The topological polar surface area (TPSA) is 107 Å². The van der Waals surface area contributed by atoms with E-state index in [0.717, 1.165) is 34.4 Å². The first kappa shape index (κ1) is 23.0. The summed E-state index contributed by atoms with van der Waals surface area (Å²) in [6.45, 7) is 2.83. The van der Waals surface area contributed by atoms with Crippen LogP contribution in [0.5, 0.6) is 0 Å². The number of imidazole rings is 1. The van der Waals surface area contributed by atoms with E-state index in [0.29, 0.717) is 25.3 Å². The number of hydrogen-bond acceptors (Lipinski definition) is 8. The van der Waals surface area contributed by atoms with Crippen LogP contribution in [0.15, 0.2) is 64.0 Å². The van der Waals surface area contributed by atoms with Crippen molar-refractivity contribution in [2.24, 2.45) is 15.4 Å². The normalized spacial score (nSPS) is 12.5. The first-order valence-electron chi connectivity index (χ1n) is 10.9. The second-order valence-electron chi connectivity index (χ2n) is 7.72. The molecule has 4 rings (SSSR count). The van der Waals surface area contributed by atoms with E-state index in [-0.39, 0.29) is 11.4 Å². The number of benzene rings is 2. The third-order valence-corrected chi connectivity index (χ3v) is 5.57. The van der Waals surface area contributed by atoms with Gasteiger partial charge in [-0.3, -0.25) is 0 Å². The Morgan fingerprint density at radius 3 is 2.29 bits per heavy atom. The van der Waals surface area contributed by atoms with Gasteiger partial charge in [0.2, 0.25) is 0 Å². The fraction of sp³-hybridized carbons (Fsp3) is 0.280. The molecule has 2 heterocycles. The van der Waals surface area contributed by atoms with Gasteiger partial charge in [0.05, 0.1) is 19.9 Å². The number of carbonyl (C=O) groups is 2. The molecule has 0 aliphatic carbocycles. The van der Waals surface area contributed by atoms with Crippen LogP contribution < -0.4 is 0 Å². The van der Waals surface area contributed by atoms with Gasteiger partial charge >= 0.3 is 11.9 Å². The molecule has 1 aromatic heterocycles. The van der Waals surface area contributed by atoms with E-state index in [1.807, 2.05) is 55.5 Å². The second-order valence-corrected chi connectivity index (χ2v) is 7.72. The van der Waals surface area contributed by atoms with Crippen LogP contribution in [0, 0.1) is 0 Å². The lowest BCUT2D eigenvalue weighted by molar-refractivity contribution is 0.0544. The van der Waals surface area contributed by atoms with Gasteiger partial charge in [0.15, 0.2) is 11.4 Å². The molecule has 1 aliphatic heterocycles. The number of nitrogens with zero attached hydrogens (tertiary/aromatic N) is 5. The molecule has 34 heavy (non-hydrogen) atoms. The standard InChI is InChI=1S/C25H25N5O4/c1-4-7-21-27-22(24(31)33-2)23(25(32)34-3)30(21)15-16-10-12-17(13-11-16)18-8-5-6-9-19(18)20-14-26-29-28-20/h5-6,8-13H,4,7,14-15H2,1-3H3. The van der Waals surface area contributed by atoms with E-state index in [2.05, 4.69) is 20.4 Å². The molecule has 0 atom stereocenters. The van der Waals surface area contributed by atoms with Crippen molar-refractivity contribution in [3.63, 3.8) is 0 Å². The van der Waals surface area contributed by atoms with E-state index in [4.69, 9.17) is 9.47 Å². The molecule has 174 valence electrons. The Morgan fingerprint density at radius 2 is 1.68 bits per heavy atom. The SMILES string of the molecule is CCCc1nc(C(=O)OC)c(C(=O)OC)n1Cc1ccc(-c2ccccc2C2=NN=NC2)cc1. The molecule has 3 aromatic rings. The highest BCUT2D eigenvalue weighted by Gasteiger charge is 2.28. The Kier molecular flexibility index (Phi) is 6.91. The minimum absolute atomic E-state index is 0.0310. The Morgan fingerprint density at radius 1 is 0.971 bits per heavy atom. The molecule has 9 heteroatoms. The number of carbonyl (C=O) groups excluding carboxylic acids is 2. The van der Waals surface area contributed by atoms with E-state index >= 15 is 0 Å². The maximum Gasteiger partial charge on any atom is 0.359 e. The molecule has 0 amide bonds. The number of rotatable bonds is 8. The number of hydrogen-bond donors (Lipinski definition) is 0. The summed E-state index contributed by atoms with van der Waals surface area (Å²) in [5.74, 6) is -0.671. The molecule has 1 aliphatic rings. The minimum atomic E-state index is -0.670. The lowest BCUT2D eigenvalue weighted by Crippen LogP contribution is -2.17. The molecular weight excluding hydrogens is 434 g/mol. The van der Waals surface area contributed by atoms with Crippen LogP contribution in [0.2, 0.25) is 0 Å². The molecule has 0 fully saturated rings. The molecule has 0 bridgehead atoms. The van der Waals surface area contributed by atoms with Gasteiger partial charge in [-0.05, 0) is 28.3 Å². The summed E-state index contributed by atoms with van der Waals surface area (Å²) < 4.78 is 11.5. The zero-order valence-electron chi connectivity index (χ0n) is 19.3. The zero-order chi connectivity index (χ0) is 24.1. The molecule has 0 saturated carbocycles. The fourth-order valence-corrected chi connectivity index (χ4v) is 3.94. The summed E-state index contributed by atoms with van der Waals surface area (Å²) in [6, 6.07) is 16.0. The number of ether oxygens (including phenoxy) is 2. The minimum Gasteiger partial charge on any atom is -0.464 e. The number of methoxy groups -OCH3 is 2. The van der Waals surface area contributed by atoms with E-state index < -0.39 is 11.9 Å². The summed E-state index contributed by atoms with van der Waals surface area (Å²) in [6.07, 6.45) is 1.40. The van der Waals surface area contributed by atoms with Crippen LogP contribution in [-0.4, -0.2) is 48.0 Å². The summed E-state index contributed by atoms with van der Waals surface area (Å²) in [5, 5.41) is 11.8. The summed E-state index contributed by atoms with van der Waals surface area (Å²) in [5.41, 5.74) is 4.90. The second kappa shape index (κ2) is 10.2. The Labute approximate surface area is 197 Å². The molecule has 0 spiro atoms. The summed E-state index contributed by atoms with van der Waals surface area (Å²) in [4.78, 5) is 29.3. The van der Waals surface area contributed by atoms with Crippen LogP contribution in [0.4, 0.5) is 0 Å². The summed E-state index contributed by atoms with van der Waals surface area (Å²) >= 11 is 0. The Hall–Kier alpha value is -4.14. The molecule has 0 unspecified atom stereocenters. The lowest BCUT2D eigenvalue weighted by atomic mass is 9.96. The van der Waals surface area contributed by atoms with Crippen molar-refractivity contribution in [2.45, 2.75) is 26.3 Å². The van der Waals surface area contributed by atoms with Crippen molar-refractivity contribution in [1.82, 2.24) is 9.55 Å². The molecule has 0 radical (unpaired) electrons.